The topological polar surface area (TPSA) is 75.3 Å². The van der Waals surface area contributed by atoms with Gasteiger partial charge in [0.2, 0.25) is 5.91 Å². The lowest BCUT2D eigenvalue weighted by molar-refractivity contribution is -0.124. The minimum Gasteiger partial charge on any atom is -0.350 e. The molecule has 0 spiro atoms. The fourth-order valence-electron chi connectivity index (χ4n) is 2.37. The molecule has 8 heteroatoms. The van der Waals surface area contributed by atoms with Gasteiger partial charge in [0, 0.05) is 15.6 Å². The van der Waals surface area contributed by atoms with Crippen LogP contribution in [0.3, 0.4) is 0 Å². The number of hydrogen-bond donors (Lipinski definition) is 2. The molecule has 1 aromatic rings. The van der Waals surface area contributed by atoms with Crippen LogP contribution in [-0.4, -0.2) is 38.4 Å². The molecule has 5 nitrogen and oxygen atoms in total. The molecule has 0 bridgehead atoms. The van der Waals surface area contributed by atoms with E-state index in [2.05, 4.69) is 26.6 Å². The summed E-state index contributed by atoms with van der Waals surface area (Å²) < 4.78 is 23.8. The van der Waals surface area contributed by atoms with E-state index in [0.29, 0.717) is 32.5 Å². The van der Waals surface area contributed by atoms with Crippen LogP contribution in [0, 0.1) is 0 Å². The SMILES string of the molecule is CS(=O)(=O)C1(C(=O)NCc2sccc2Br)CCNCC1. The van der Waals surface area contributed by atoms with Crippen LogP contribution in [0.15, 0.2) is 15.9 Å². The summed E-state index contributed by atoms with van der Waals surface area (Å²) in [6, 6.07) is 1.91. The molecule has 0 radical (unpaired) electrons. The highest BCUT2D eigenvalue weighted by Crippen LogP contribution is 2.29. The van der Waals surface area contributed by atoms with E-state index < -0.39 is 14.6 Å². The molecule has 0 aliphatic carbocycles. The lowest BCUT2D eigenvalue weighted by atomic mass is 9.96. The zero-order valence-corrected chi connectivity index (χ0v) is 14.3. The van der Waals surface area contributed by atoms with E-state index in [1.165, 1.54) is 11.3 Å². The number of amides is 1. The van der Waals surface area contributed by atoms with Crippen LogP contribution in [-0.2, 0) is 21.2 Å². The first-order valence-corrected chi connectivity index (χ1v) is 9.84. The van der Waals surface area contributed by atoms with E-state index in [9.17, 15) is 13.2 Å². The number of thiophene rings is 1. The maximum Gasteiger partial charge on any atom is 0.241 e. The van der Waals surface area contributed by atoms with Crippen molar-refractivity contribution in [2.45, 2.75) is 24.1 Å². The number of sulfone groups is 1. The smallest absolute Gasteiger partial charge is 0.241 e. The molecule has 20 heavy (non-hydrogen) atoms. The van der Waals surface area contributed by atoms with Gasteiger partial charge in [-0.2, -0.15) is 0 Å². The average Bonchev–Trinajstić information content (AvgIpc) is 2.81. The molecule has 1 fully saturated rings. The van der Waals surface area contributed by atoms with E-state index >= 15 is 0 Å². The summed E-state index contributed by atoms with van der Waals surface area (Å²) in [5, 5.41) is 7.79. The molecule has 1 aromatic heterocycles. The first kappa shape index (κ1) is 15.9. The largest absolute Gasteiger partial charge is 0.350 e. The summed E-state index contributed by atoms with van der Waals surface area (Å²) in [6.45, 7) is 1.44. The Kier molecular flexibility index (Phi) is 4.88. The van der Waals surface area contributed by atoms with Crippen molar-refractivity contribution in [3.05, 3.63) is 20.8 Å². The zero-order chi connectivity index (χ0) is 14.8. The highest BCUT2D eigenvalue weighted by molar-refractivity contribution is 9.10. The lowest BCUT2D eigenvalue weighted by Crippen LogP contribution is -2.57. The number of piperidine rings is 1. The second-order valence-corrected chi connectivity index (χ2v) is 9.07. The van der Waals surface area contributed by atoms with Gasteiger partial charge in [0.25, 0.3) is 0 Å². The first-order valence-electron chi connectivity index (χ1n) is 6.27. The number of nitrogens with one attached hydrogen (secondary N) is 2. The van der Waals surface area contributed by atoms with Gasteiger partial charge in [0.05, 0.1) is 6.54 Å². The van der Waals surface area contributed by atoms with Crippen molar-refractivity contribution in [2.75, 3.05) is 19.3 Å². The summed E-state index contributed by atoms with van der Waals surface area (Å²) >= 11 is 4.92. The Morgan fingerprint density at radius 3 is 2.65 bits per heavy atom. The fraction of sp³-hybridized carbons (Fsp3) is 0.583. The van der Waals surface area contributed by atoms with Gasteiger partial charge in [-0.05, 0) is 53.3 Å². The third kappa shape index (κ3) is 3.08. The van der Waals surface area contributed by atoms with Gasteiger partial charge in [0.1, 0.15) is 0 Å². The number of rotatable bonds is 4. The second-order valence-electron chi connectivity index (χ2n) is 4.89. The number of carbonyl (C=O) groups is 1. The van der Waals surface area contributed by atoms with Gasteiger partial charge in [-0.25, -0.2) is 8.42 Å². The summed E-state index contributed by atoms with van der Waals surface area (Å²) in [5.41, 5.74) is 0. The highest BCUT2D eigenvalue weighted by atomic mass is 79.9. The van der Waals surface area contributed by atoms with Crippen LogP contribution >= 0.6 is 27.3 Å². The fourth-order valence-corrected chi connectivity index (χ4v) is 5.16. The average molecular weight is 381 g/mol. The summed E-state index contributed by atoms with van der Waals surface area (Å²) in [5.74, 6) is -0.387. The van der Waals surface area contributed by atoms with Crippen molar-refractivity contribution >= 4 is 43.0 Å². The Morgan fingerprint density at radius 2 is 2.15 bits per heavy atom. The van der Waals surface area contributed by atoms with Crippen molar-refractivity contribution in [2.24, 2.45) is 0 Å². The molecule has 2 rings (SSSR count). The number of carbonyl (C=O) groups excluding carboxylic acids is 1. The van der Waals surface area contributed by atoms with Crippen molar-refractivity contribution in [3.8, 4) is 0 Å². The van der Waals surface area contributed by atoms with Gasteiger partial charge in [0.15, 0.2) is 14.6 Å². The maximum atomic E-state index is 12.4. The molecule has 2 N–H and O–H groups in total. The first-order chi connectivity index (χ1) is 9.37. The molecule has 112 valence electrons. The van der Waals surface area contributed by atoms with E-state index in [0.717, 1.165) is 15.6 Å². The second kappa shape index (κ2) is 6.13. The molecule has 1 amide bonds. The number of halogens is 1. The molecule has 2 heterocycles. The van der Waals surface area contributed by atoms with E-state index in [4.69, 9.17) is 0 Å². The summed E-state index contributed by atoms with van der Waals surface area (Å²) in [7, 11) is -3.45. The van der Waals surface area contributed by atoms with Crippen molar-refractivity contribution in [1.82, 2.24) is 10.6 Å². The Bertz CT molecular complexity index is 592. The Labute approximate surface area is 131 Å². The third-order valence-electron chi connectivity index (χ3n) is 3.64. The third-order valence-corrected chi connectivity index (χ3v) is 7.57. The van der Waals surface area contributed by atoms with Crippen LogP contribution in [0.25, 0.3) is 0 Å². The molecular weight excluding hydrogens is 364 g/mol. The zero-order valence-electron chi connectivity index (χ0n) is 11.1. The Morgan fingerprint density at radius 1 is 1.50 bits per heavy atom. The van der Waals surface area contributed by atoms with Crippen LogP contribution < -0.4 is 10.6 Å². The predicted octanol–water partition coefficient (Wildman–Crippen LogP) is 1.29. The predicted molar refractivity (Wildman–Crippen MR) is 83.5 cm³/mol. The van der Waals surface area contributed by atoms with Crippen LogP contribution in [0.1, 0.15) is 17.7 Å². The van der Waals surface area contributed by atoms with Gasteiger partial charge in [-0.3, -0.25) is 4.79 Å². The van der Waals surface area contributed by atoms with Gasteiger partial charge < -0.3 is 10.6 Å². The van der Waals surface area contributed by atoms with Crippen LogP contribution in [0.4, 0.5) is 0 Å². The van der Waals surface area contributed by atoms with Gasteiger partial charge in [-0.1, -0.05) is 0 Å². The molecule has 0 aromatic carbocycles. The van der Waals surface area contributed by atoms with Crippen molar-refractivity contribution < 1.29 is 13.2 Å². The van der Waals surface area contributed by atoms with E-state index in [-0.39, 0.29) is 5.91 Å². The van der Waals surface area contributed by atoms with Crippen molar-refractivity contribution in [1.29, 1.82) is 0 Å². The van der Waals surface area contributed by atoms with Crippen LogP contribution in [0.5, 0.6) is 0 Å². The summed E-state index contributed by atoms with van der Waals surface area (Å²) in [6.07, 6.45) is 1.80. The van der Waals surface area contributed by atoms with E-state index in [1.807, 2.05) is 11.4 Å². The molecule has 1 aliphatic rings. The Balaban J connectivity index is 2.14. The standard InChI is InChI=1S/C12H17BrN2O3S2/c1-20(17,18)12(3-5-14-6-4-12)11(16)15-8-10-9(13)2-7-19-10/h2,7,14H,3-6,8H2,1H3,(H,15,16). The minimum atomic E-state index is -3.45. The van der Waals surface area contributed by atoms with Crippen LogP contribution in [0.2, 0.25) is 0 Å². The van der Waals surface area contributed by atoms with E-state index in [1.54, 1.807) is 0 Å². The molecule has 0 saturated carbocycles. The monoisotopic (exact) mass is 380 g/mol. The normalized spacial score (nSPS) is 18.7. The van der Waals surface area contributed by atoms with Crippen molar-refractivity contribution in [3.63, 3.8) is 0 Å². The summed E-state index contributed by atoms with van der Waals surface area (Å²) in [4.78, 5) is 13.4. The molecule has 1 aliphatic heterocycles. The quantitative estimate of drug-likeness (QED) is 0.825. The highest BCUT2D eigenvalue weighted by Gasteiger charge is 2.48. The molecular formula is C12H17BrN2O3S2. The number of hydrogen-bond acceptors (Lipinski definition) is 5. The van der Waals surface area contributed by atoms with Gasteiger partial charge >= 0.3 is 0 Å². The maximum absolute atomic E-state index is 12.4. The lowest BCUT2D eigenvalue weighted by Gasteiger charge is -2.34. The molecule has 0 unspecified atom stereocenters. The molecule has 0 atom stereocenters. The minimum absolute atomic E-state index is 0.323. The van der Waals surface area contributed by atoms with Gasteiger partial charge in [-0.15, -0.1) is 11.3 Å². The molecule has 1 saturated heterocycles. The Hall–Kier alpha value is -0.440.